The highest BCUT2D eigenvalue weighted by molar-refractivity contribution is 7.89. The molecule has 1 aromatic rings. The topological polar surface area (TPSA) is 58.2 Å². The molecule has 1 aliphatic heterocycles. The van der Waals surface area contributed by atoms with Gasteiger partial charge in [0.25, 0.3) is 0 Å². The molecule has 4 nitrogen and oxygen atoms in total. The molecule has 1 unspecified atom stereocenters. The van der Waals surface area contributed by atoms with E-state index in [1.807, 2.05) is 0 Å². The molecular formula is C13H19FN2O2S. The molecule has 0 spiro atoms. The maximum atomic E-state index is 13.0. The lowest BCUT2D eigenvalue weighted by molar-refractivity contribution is 0.519. The van der Waals surface area contributed by atoms with Gasteiger partial charge in [-0.1, -0.05) is 0 Å². The van der Waals surface area contributed by atoms with Crippen LogP contribution in [-0.2, 0) is 10.0 Å². The van der Waals surface area contributed by atoms with Crippen molar-refractivity contribution in [3.8, 4) is 0 Å². The van der Waals surface area contributed by atoms with Gasteiger partial charge in [-0.05, 0) is 62.5 Å². The summed E-state index contributed by atoms with van der Waals surface area (Å²) in [6.07, 6.45) is 1.92. The van der Waals surface area contributed by atoms with Crippen LogP contribution in [-0.4, -0.2) is 28.1 Å². The van der Waals surface area contributed by atoms with Crippen molar-refractivity contribution in [2.75, 3.05) is 19.6 Å². The Morgan fingerprint density at radius 2 is 2.26 bits per heavy atom. The number of hydrogen-bond acceptors (Lipinski definition) is 3. The highest BCUT2D eigenvalue weighted by Crippen LogP contribution is 2.17. The Labute approximate surface area is 113 Å². The standard InChI is InChI=1S/C13H19FN2O2S/c1-10-8-12(14)2-3-13(10)19(17,18)16-7-5-11-4-6-15-9-11/h2-3,8,11,15-16H,4-7,9H2,1H3. The van der Waals surface area contributed by atoms with Gasteiger partial charge in [-0.3, -0.25) is 0 Å². The lowest BCUT2D eigenvalue weighted by atomic mass is 10.1. The monoisotopic (exact) mass is 286 g/mol. The van der Waals surface area contributed by atoms with Crippen LogP contribution in [0.1, 0.15) is 18.4 Å². The molecule has 0 radical (unpaired) electrons. The Morgan fingerprint density at radius 1 is 1.47 bits per heavy atom. The Morgan fingerprint density at radius 3 is 2.89 bits per heavy atom. The molecule has 1 atom stereocenters. The van der Waals surface area contributed by atoms with Crippen LogP contribution in [0, 0.1) is 18.7 Å². The summed E-state index contributed by atoms with van der Waals surface area (Å²) in [5.74, 6) is 0.116. The average Bonchev–Trinajstić information content (AvgIpc) is 2.81. The first-order valence-corrected chi connectivity index (χ1v) is 7.94. The smallest absolute Gasteiger partial charge is 0.240 e. The summed E-state index contributed by atoms with van der Waals surface area (Å²) in [5.41, 5.74) is 0.426. The molecule has 0 bridgehead atoms. The predicted octanol–water partition coefficient (Wildman–Crippen LogP) is 1.41. The first-order valence-electron chi connectivity index (χ1n) is 6.45. The lowest BCUT2D eigenvalue weighted by Crippen LogP contribution is -2.27. The van der Waals surface area contributed by atoms with Crippen molar-refractivity contribution in [3.05, 3.63) is 29.6 Å². The van der Waals surface area contributed by atoms with Crippen molar-refractivity contribution in [1.82, 2.24) is 10.0 Å². The van der Waals surface area contributed by atoms with E-state index in [0.717, 1.165) is 25.9 Å². The molecule has 0 aliphatic carbocycles. The zero-order chi connectivity index (χ0) is 13.9. The summed E-state index contributed by atoms with van der Waals surface area (Å²) in [7, 11) is -3.54. The second-order valence-corrected chi connectivity index (χ2v) is 6.69. The van der Waals surface area contributed by atoms with Crippen molar-refractivity contribution in [2.45, 2.75) is 24.7 Å². The van der Waals surface area contributed by atoms with Crippen LogP contribution in [0.15, 0.2) is 23.1 Å². The van der Waals surface area contributed by atoms with Gasteiger partial charge in [-0.15, -0.1) is 0 Å². The van der Waals surface area contributed by atoms with Crippen molar-refractivity contribution in [2.24, 2.45) is 5.92 Å². The van der Waals surface area contributed by atoms with E-state index in [1.165, 1.54) is 18.2 Å². The van der Waals surface area contributed by atoms with Crippen molar-refractivity contribution < 1.29 is 12.8 Å². The number of rotatable bonds is 5. The van der Waals surface area contributed by atoms with Crippen molar-refractivity contribution in [3.63, 3.8) is 0 Å². The largest absolute Gasteiger partial charge is 0.316 e. The molecular weight excluding hydrogens is 267 g/mol. The molecule has 0 saturated carbocycles. The van der Waals surface area contributed by atoms with Gasteiger partial charge in [-0.25, -0.2) is 17.5 Å². The average molecular weight is 286 g/mol. The number of nitrogens with one attached hydrogen (secondary N) is 2. The zero-order valence-electron chi connectivity index (χ0n) is 10.9. The van der Waals surface area contributed by atoms with Crippen LogP contribution in [0.25, 0.3) is 0 Å². The van der Waals surface area contributed by atoms with Crippen LogP contribution in [0.3, 0.4) is 0 Å². The molecule has 19 heavy (non-hydrogen) atoms. The number of benzene rings is 1. The highest BCUT2D eigenvalue weighted by atomic mass is 32.2. The third-order valence-corrected chi connectivity index (χ3v) is 5.05. The number of aryl methyl sites for hydroxylation is 1. The predicted molar refractivity (Wildman–Crippen MR) is 71.9 cm³/mol. The molecule has 0 amide bonds. The maximum Gasteiger partial charge on any atom is 0.240 e. The Balaban J connectivity index is 1.97. The second kappa shape index (κ2) is 5.98. The van der Waals surface area contributed by atoms with Crippen LogP contribution in [0.4, 0.5) is 4.39 Å². The molecule has 0 aromatic heterocycles. The quantitative estimate of drug-likeness (QED) is 0.860. The Kier molecular flexibility index (Phi) is 4.54. The number of halogens is 1. The van der Waals surface area contributed by atoms with Gasteiger partial charge in [0.05, 0.1) is 4.90 Å². The number of hydrogen-bond donors (Lipinski definition) is 2. The van der Waals surface area contributed by atoms with Gasteiger partial charge >= 0.3 is 0 Å². The molecule has 2 rings (SSSR count). The van der Waals surface area contributed by atoms with E-state index in [4.69, 9.17) is 0 Å². The minimum atomic E-state index is -3.54. The van der Waals surface area contributed by atoms with E-state index in [9.17, 15) is 12.8 Å². The molecule has 6 heteroatoms. The summed E-state index contributed by atoms with van der Waals surface area (Å²) in [5, 5.41) is 3.25. The van der Waals surface area contributed by atoms with E-state index in [-0.39, 0.29) is 4.90 Å². The molecule has 1 saturated heterocycles. The van der Waals surface area contributed by atoms with E-state index in [2.05, 4.69) is 10.0 Å². The minimum absolute atomic E-state index is 0.151. The van der Waals surface area contributed by atoms with Gasteiger partial charge in [0.15, 0.2) is 0 Å². The van der Waals surface area contributed by atoms with E-state index in [0.29, 0.717) is 18.0 Å². The summed E-state index contributed by atoms with van der Waals surface area (Å²) in [6.45, 7) is 3.98. The van der Waals surface area contributed by atoms with Gasteiger partial charge in [0.2, 0.25) is 10.0 Å². The summed E-state index contributed by atoms with van der Waals surface area (Å²) in [6, 6.07) is 3.71. The fraction of sp³-hybridized carbons (Fsp3) is 0.538. The van der Waals surface area contributed by atoms with Gasteiger partial charge in [0.1, 0.15) is 5.82 Å². The van der Waals surface area contributed by atoms with Crippen LogP contribution in [0.2, 0.25) is 0 Å². The second-order valence-electron chi connectivity index (χ2n) is 4.96. The first-order chi connectivity index (χ1) is 8.99. The lowest BCUT2D eigenvalue weighted by Gasteiger charge is -2.11. The Bertz CT molecular complexity index is 540. The highest BCUT2D eigenvalue weighted by Gasteiger charge is 2.19. The third kappa shape index (κ3) is 3.75. The van der Waals surface area contributed by atoms with E-state index in [1.54, 1.807) is 6.92 Å². The normalized spacial score (nSPS) is 19.8. The van der Waals surface area contributed by atoms with Crippen molar-refractivity contribution in [1.29, 1.82) is 0 Å². The first kappa shape index (κ1) is 14.4. The van der Waals surface area contributed by atoms with Crippen LogP contribution in [0.5, 0.6) is 0 Å². The van der Waals surface area contributed by atoms with E-state index >= 15 is 0 Å². The Hall–Kier alpha value is -0.980. The fourth-order valence-corrected chi connectivity index (χ4v) is 3.62. The molecule has 1 aliphatic rings. The van der Waals surface area contributed by atoms with Crippen LogP contribution < -0.4 is 10.0 Å². The van der Waals surface area contributed by atoms with Crippen LogP contribution >= 0.6 is 0 Å². The minimum Gasteiger partial charge on any atom is -0.316 e. The van der Waals surface area contributed by atoms with Gasteiger partial charge in [-0.2, -0.15) is 0 Å². The summed E-state index contributed by atoms with van der Waals surface area (Å²) in [4.78, 5) is 0.151. The zero-order valence-corrected chi connectivity index (χ0v) is 11.8. The maximum absolute atomic E-state index is 13.0. The molecule has 1 heterocycles. The van der Waals surface area contributed by atoms with Crippen molar-refractivity contribution >= 4 is 10.0 Å². The molecule has 1 fully saturated rings. The molecule has 106 valence electrons. The summed E-state index contributed by atoms with van der Waals surface area (Å²) < 4.78 is 39.7. The fourth-order valence-electron chi connectivity index (χ4n) is 2.35. The van der Waals surface area contributed by atoms with Gasteiger partial charge in [0, 0.05) is 6.54 Å². The van der Waals surface area contributed by atoms with E-state index < -0.39 is 15.8 Å². The number of sulfonamides is 1. The molecule has 1 aromatic carbocycles. The SMILES string of the molecule is Cc1cc(F)ccc1S(=O)(=O)NCCC1CCNC1. The third-order valence-electron chi connectivity index (χ3n) is 3.43. The molecule has 2 N–H and O–H groups in total. The van der Waals surface area contributed by atoms with Gasteiger partial charge < -0.3 is 5.32 Å². The summed E-state index contributed by atoms with van der Waals surface area (Å²) >= 11 is 0.